The number of likely N-dealkylation sites (tertiary alicyclic amines) is 1. The van der Waals surface area contributed by atoms with Gasteiger partial charge in [-0.25, -0.2) is 4.98 Å². The van der Waals surface area contributed by atoms with Gasteiger partial charge in [-0.2, -0.15) is 0 Å². The average Bonchev–Trinajstić information content (AvgIpc) is 2.26. The van der Waals surface area contributed by atoms with Crippen molar-refractivity contribution in [2.45, 2.75) is 18.9 Å². The number of piperidine rings is 1. The Morgan fingerprint density at radius 2 is 2.29 bits per heavy atom. The van der Waals surface area contributed by atoms with E-state index in [1.54, 1.807) is 6.07 Å². The van der Waals surface area contributed by atoms with Gasteiger partial charge in [0.05, 0.1) is 0 Å². The molecule has 5 heteroatoms. The molecule has 0 radical (unpaired) electrons. The number of nitrogen functional groups attached to an aromatic ring is 1. The van der Waals surface area contributed by atoms with Crippen LogP contribution in [0.5, 0.6) is 0 Å². The highest BCUT2D eigenvalue weighted by Gasteiger charge is 2.22. The second-order valence-electron chi connectivity index (χ2n) is 4.75. The van der Waals surface area contributed by atoms with E-state index < -0.39 is 0 Å². The number of hydrogen-bond acceptors (Lipinski definition) is 4. The van der Waals surface area contributed by atoms with Gasteiger partial charge in [0.1, 0.15) is 11.0 Å². The largest absolute Gasteiger partial charge is 0.399 e. The van der Waals surface area contributed by atoms with Crippen molar-refractivity contribution in [3.05, 3.63) is 17.3 Å². The molecule has 0 aliphatic carbocycles. The lowest BCUT2D eigenvalue weighted by atomic mass is 10.1. The summed E-state index contributed by atoms with van der Waals surface area (Å²) in [4.78, 5) is 8.85. The third-order valence-electron chi connectivity index (χ3n) is 3.31. The predicted molar refractivity (Wildman–Crippen MR) is 72.6 cm³/mol. The van der Waals surface area contributed by atoms with E-state index in [0.29, 0.717) is 16.9 Å². The van der Waals surface area contributed by atoms with Gasteiger partial charge in [0.25, 0.3) is 0 Å². The standard InChI is InChI=1S/C12H19ClN4/c1-16-5-3-4-10(8-16)17(2)12-7-9(14)6-11(13)15-12/h6-7,10H,3-5,8H2,1-2H3,(H2,14,15). The Balaban J connectivity index is 2.15. The van der Waals surface area contributed by atoms with Crippen LogP contribution in [-0.2, 0) is 0 Å². The Bertz CT molecular complexity index is 376. The number of nitrogens with zero attached hydrogens (tertiary/aromatic N) is 3. The number of likely N-dealkylation sites (N-methyl/N-ethyl adjacent to an activating group) is 2. The molecular weight excluding hydrogens is 236 g/mol. The molecular formula is C12H19ClN4. The molecule has 1 aliphatic heterocycles. The second kappa shape index (κ2) is 5.10. The smallest absolute Gasteiger partial charge is 0.133 e. The number of nitrogens with two attached hydrogens (primary N) is 1. The quantitative estimate of drug-likeness (QED) is 0.819. The number of hydrogen-bond donors (Lipinski definition) is 1. The van der Waals surface area contributed by atoms with E-state index in [2.05, 4.69) is 28.9 Å². The summed E-state index contributed by atoms with van der Waals surface area (Å²) in [7, 11) is 4.21. The van der Waals surface area contributed by atoms with Crippen LogP contribution in [0.15, 0.2) is 12.1 Å². The summed E-state index contributed by atoms with van der Waals surface area (Å²) in [5.74, 6) is 0.857. The summed E-state index contributed by atoms with van der Waals surface area (Å²) in [6, 6.07) is 4.03. The molecule has 0 saturated carbocycles. The van der Waals surface area contributed by atoms with Crippen molar-refractivity contribution in [2.24, 2.45) is 0 Å². The minimum atomic E-state index is 0.455. The van der Waals surface area contributed by atoms with E-state index in [-0.39, 0.29) is 0 Å². The summed E-state index contributed by atoms with van der Waals surface area (Å²) in [5, 5.41) is 0.455. The summed E-state index contributed by atoms with van der Waals surface area (Å²) < 4.78 is 0. The van der Waals surface area contributed by atoms with Gasteiger partial charge in [-0.05, 0) is 32.5 Å². The maximum absolute atomic E-state index is 5.93. The monoisotopic (exact) mass is 254 g/mol. The Labute approximate surface area is 107 Å². The summed E-state index contributed by atoms with van der Waals surface area (Å²) in [5.41, 5.74) is 6.46. The number of pyridine rings is 1. The molecule has 1 aliphatic rings. The zero-order chi connectivity index (χ0) is 12.4. The average molecular weight is 255 g/mol. The molecule has 1 unspecified atom stereocenters. The lowest BCUT2D eigenvalue weighted by Crippen LogP contribution is -2.45. The molecule has 1 fully saturated rings. The first kappa shape index (κ1) is 12.5. The maximum Gasteiger partial charge on any atom is 0.133 e. The van der Waals surface area contributed by atoms with Gasteiger partial charge in [-0.15, -0.1) is 0 Å². The minimum Gasteiger partial charge on any atom is -0.399 e. The fourth-order valence-corrected chi connectivity index (χ4v) is 2.54. The highest BCUT2D eigenvalue weighted by Crippen LogP contribution is 2.23. The fourth-order valence-electron chi connectivity index (χ4n) is 2.33. The van der Waals surface area contributed by atoms with Gasteiger partial charge in [0.2, 0.25) is 0 Å². The van der Waals surface area contributed by atoms with Gasteiger partial charge in [0.15, 0.2) is 0 Å². The van der Waals surface area contributed by atoms with Crippen LogP contribution in [0, 0.1) is 0 Å². The molecule has 2 heterocycles. The molecule has 0 spiro atoms. The van der Waals surface area contributed by atoms with Gasteiger partial charge >= 0.3 is 0 Å². The molecule has 1 atom stereocenters. The van der Waals surface area contributed by atoms with E-state index in [1.165, 1.54) is 19.4 Å². The summed E-state index contributed by atoms with van der Waals surface area (Å²) in [6.45, 7) is 2.24. The van der Waals surface area contributed by atoms with Gasteiger partial charge in [-0.3, -0.25) is 0 Å². The van der Waals surface area contributed by atoms with Crippen LogP contribution in [0.2, 0.25) is 5.15 Å². The van der Waals surface area contributed by atoms with Crippen LogP contribution < -0.4 is 10.6 Å². The van der Waals surface area contributed by atoms with Crippen molar-refractivity contribution in [3.63, 3.8) is 0 Å². The van der Waals surface area contributed by atoms with Gasteiger partial charge in [-0.1, -0.05) is 11.6 Å². The normalized spacial score (nSPS) is 21.5. The lowest BCUT2D eigenvalue weighted by Gasteiger charge is -2.36. The van der Waals surface area contributed by atoms with E-state index in [4.69, 9.17) is 17.3 Å². The SMILES string of the molecule is CN1CCCC(N(C)c2cc(N)cc(Cl)n2)C1. The Morgan fingerprint density at radius 3 is 2.94 bits per heavy atom. The van der Waals surface area contributed by atoms with E-state index in [9.17, 15) is 0 Å². The molecule has 2 N–H and O–H groups in total. The number of anilines is 2. The number of halogens is 1. The van der Waals surface area contributed by atoms with Crippen molar-refractivity contribution in [2.75, 3.05) is 37.8 Å². The van der Waals surface area contributed by atoms with Crippen molar-refractivity contribution in [1.29, 1.82) is 0 Å². The van der Waals surface area contributed by atoms with Crippen LogP contribution >= 0.6 is 11.6 Å². The van der Waals surface area contributed by atoms with Crippen LogP contribution in [0.1, 0.15) is 12.8 Å². The molecule has 1 aromatic rings. The van der Waals surface area contributed by atoms with Gasteiger partial charge < -0.3 is 15.5 Å². The molecule has 1 saturated heterocycles. The van der Waals surface area contributed by atoms with E-state index in [1.807, 2.05) is 6.07 Å². The Morgan fingerprint density at radius 1 is 1.53 bits per heavy atom. The van der Waals surface area contributed by atoms with Crippen molar-refractivity contribution in [3.8, 4) is 0 Å². The molecule has 2 rings (SSSR count). The first-order chi connectivity index (χ1) is 8.06. The van der Waals surface area contributed by atoms with Crippen molar-refractivity contribution >= 4 is 23.1 Å². The second-order valence-corrected chi connectivity index (χ2v) is 5.14. The highest BCUT2D eigenvalue weighted by molar-refractivity contribution is 6.29. The molecule has 0 aromatic carbocycles. The molecule has 4 nitrogen and oxygen atoms in total. The number of rotatable bonds is 2. The van der Waals surface area contributed by atoms with Gasteiger partial charge in [0, 0.05) is 31.4 Å². The van der Waals surface area contributed by atoms with Crippen LogP contribution in [-0.4, -0.2) is 43.1 Å². The Hall–Kier alpha value is -1.00. The molecule has 0 bridgehead atoms. The lowest BCUT2D eigenvalue weighted by molar-refractivity contribution is 0.247. The van der Waals surface area contributed by atoms with Crippen LogP contribution in [0.3, 0.4) is 0 Å². The summed E-state index contributed by atoms with van der Waals surface area (Å²) >= 11 is 5.93. The van der Waals surface area contributed by atoms with E-state index >= 15 is 0 Å². The first-order valence-electron chi connectivity index (χ1n) is 5.90. The molecule has 17 heavy (non-hydrogen) atoms. The van der Waals surface area contributed by atoms with Crippen LogP contribution in [0.4, 0.5) is 11.5 Å². The first-order valence-corrected chi connectivity index (χ1v) is 6.28. The Kier molecular flexibility index (Phi) is 3.74. The molecule has 1 aromatic heterocycles. The maximum atomic E-state index is 5.93. The van der Waals surface area contributed by atoms with Crippen LogP contribution in [0.25, 0.3) is 0 Å². The number of aromatic nitrogens is 1. The third-order valence-corrected chi connectivity index (χ3v) is 3.51. The molecule has 0 amide bonds. The zero-order valence-electron chi connectivity index (χ0n) is 10.4. The predicted octanol–water partition coefficient (Wildman–Crippen LogP) is 1.85. The third kappa shape index (κ3) is 3.01. The topological polar surface area (TPSA) is 45.4 Å². The van der Waals surface area contributed by atoms with E-state index in [0.717, 1.165) is 12.4 Å². The minimum absolute atomic E-state index is 0.455. The van der Waals surface area contributed by atoms with Crippen molar-refractivity contribution < 1.29 is 0 Å². The van der Waals surface area contributed by atoms with Crippen molar-refractivity contribution in [1.82, 2.24) is 9.88 Å². The fraction of sp³-hybridized carbons (Fsp3) is 0.583. The molecule has 94 valence electrons. The zero-order valence-corrected chi connectivity index (χ0v) is 11.1. The highest BCUT2D eigenvalue weighted by atomic mass is 35.5. The summed E-state index contributed by atoms with van der Waals surface area (Å²) in [6.07, 6.45) is 2.41.